The Morgan fingerprint density at radius 2 is 1.77 bits per heavy atom. The number of benzene rings is 1. The summed E-state index contributed by atoms with van der Waals surface area (Å²) < 4.78 is 28.0. The van der Waals surface area contributed by atoms with Gasteiger partial charge in [-0.1, -0.05) is 6.07 Å². The zero-order chi connectivity index (χ0) is 21.4. The number of aryl methyl sites for hydroxylation is 1. The molecule has 158 valence electrons. The first-order valence-corrected chi connectivity index (χ1v) is 11.0. The molecule has 0 amide bonds. The van der Waals surface area contributed by atoms with Crippen molar-refractivity contribution < 1.29 is 8.78 Å². The predicted octanol–water partition coefficient (Wildman–Crippen LogP) is 5.68. The third kappa shape index (κ3) is 4.40. The van der Waals surface area contributed by atoms with Gasteiger partial charge in [0.05, 0.1) is 15.9 Å². The van der Waals surface area contributed by atoms with Crippen molar-refractivity contribution in [2.75, 3.05) is 18.4 Å². The van der Waals surface area contributed by atoms with Crippen molar-refractivity contribution in [3.05, 3.63) is 65.5 Å². The van der Waals surface area contributed by atoms with E-state index >= 15 is 0 Å². The zero-order valence-electron chi connectivity index (χ0n) is 17.0. The van der Waals surface area contributed by atoms with Crippen molar-refractivity contribution in [1.82, 2.24) is 19.9 Å². The summed E-state index contributed by atoms with van der Waals surface area (Å²) in [7, 11) is 0. The molecular formula is C23H21F2N5S. The normalized spacial score (nSPS) is 14.4. The molecule has 1 aromatic carbocycles. The zero-order valence-corrected chi connectivity index (χ0v) is 17.8. The lowest BCUT2D eigenvalue weighted by Gasteiger charge is -2.16. The molecule has 31 heavy (non-hydrogen) atoms. The van der Waals surface area contributed by atoms with Crippen LogP contribution < -0.4 is 5.32 Å². The number of nitrogens with one attached hydrogen (secondary N) is 1. The first kappa shape index (κ1) is 20.0. The molecule has 0 bridgehead atoms. The van der Waals surface area contributed by atoms with Gasteiger partial charge in [-0.25, -0.2) is 23.7 Å². The van der Waals surface area contributed by atoms with Crippen molar-refractivity contribution in [3.8, 4) is 10.6 Å². The van der Waals surface area contributed by atoms with Crippen molar-refractivity contribution >= 4 is 33.2 Å². The second-order valence-electron chi connectivity index (χ2n) is 7.78. The molecule has 5 rings (SSSR count). The Labute approximate surface area is 182 Å². The van der Waals surface area contributed by atoms with Crippen molar-refractivity contribution in [2.45, 2.75) is 26.3 Å². The highest BCUT2D eigenvalue weighted by molar-refractivity contribution is 7.21. The van der Waals surface area contributed by atoms with Crippen LogP contribution in [0.5, 0.6) is 0 Å². The Balaban J connectivity index is 1.39. The van der Waals surface area contributed by atoms with E-state index in [1.165, 1.54) is 41.9 Å². The predicted molar refractivity (Wildman–Crippen MR) is 120 cm³/mol. The van der Waals surface area contributed by atoms with Crippen LogP contribution in [0.4, 0.5) is 20.4 Å². The van der Waals surface area contributed by atoms with Gasteiger partial charge in [-0.15, -0.1) is 11.3 Å². The summed E-state index contributed by atoms with van der Waals surface area (Å²) in [5.41, 5.74) is 3.37. The Hall–Kier alpha value is -2.97. The van der Waals surface area contributed by atoms with E-state index in [4.69, 9.17) is 4.98 Å². The second kappa shape index (κ2) is 8.28. The molecule has 1 aliphatic heterocycles. The number of rotatable bonds is 5. The number of nitrogens with zero attached hydrogens (tertiary/aromatic N) is 4. The molecule has 0 radical (unpaired) electrons. The van der Waals surface area contributed by atoms with Gasteiger partial charge in [0.25, 0.3) is 0 Å². The standard InChI is InChI=1S/C23H21F2N5S/c1-14-4-5-21(27-19(14)13-30-6-2-3-7-30)29-22-11-18-20(12-26-22)31-23(28-18)15-8-16(24)10-17(25)9-15/h4-5,8-12H,2-3,6-7,13H2,1H3,(H,26,27,29). The molecule has 1 aliphatic rings. The summed E-state index contributed by atoms with van der Waals surface area (Å²) in [5.74, 6) is 0.113. The number of pyridine rings is 2. The monoisotopic (exact) mass is 437 g/mol. The van der Waals surface area contributed by atoms with E-state index in [0.717, 1.165) is 41.9 Å². The largest absolute Gasteiger partial charge is 0.325 e. The maximum Gasteiger partial charge on any atom is 0.133 e. The first-order chi connectivity index (χ1) is 15.0. The van der Waals surface area contributed by atoms with E-state index in [1.807, 2.05) is 12.1 Å². The molecule has 0 aliphatic carbocycles. The van der Waals surface area contributed by atoms with Crippen LogP contribution in [0.1, 0.15) is 24.1 Å². The van der Waals surface area contributed by atoms with E-state index in [2.05, 4.69) is 33.2 Å². The maximum absolute atomic E-state index is 13.6. The van der Waals surface area contributed by atoms with E-state index < -0.39 is 11.6 Å². The highest BCUT2D eigenvalue weighted by Crippen LogP contribution is 2.32. The number of aromatic nitrogens is 3. The molecule has 8 heteroatoms. The smallest absolute Gasteiger partial charge is 0.133 e. The lowest BCUT2D eigenvalue weighted by atomic mass is 10.2. The Bertz CT molecular complexity index is 1230. The number of thiazole rings is 1. The summed E-state index contributed by atoms with van der Waals surface area (Å²) >= 11 is 1.35. The molecule has 1 saturated heterocycles. The summed E-state index contributed by atoms with van der Waals surface area (Å²) in [4.78, 5) is 16.2. The van der Waals surface area contributed by atoms with Crippen molar-refractivity contribution in [1.29, 1.82) is 0 Å². The van der Waals surface area contributed by atoms with Gasteiger partial charge in [-0.3, -0.25) is 4.90 Å². The van der Waals surface area contributed by atoms with Gasteiger partial charge >= 0.3 is 0 Å². The van der Waals surface area contributed by atoms with Gasteiger partial charge in [-0.05, 0) is 56.6 Å². The fraction of sp³-hybridized carbons (Fsp3) is 0.261. The van der Waals surface area contributed by atoms with Gasteiger partial charge in [0.1, 0.15) is 28.3 Å². The van der Waals surface area contributed by atoms with Crippen LogP contribution in [0.25, 0.3) is 20.8 Å². The van der Waals surface area contributed by atoms with Crippen molar-refractivity contribution in [2.24, 2.45) is 0 Å². The van der Waals surface area contributed by atoms with Crippen LogP contribution in [0.2, 0.25) is 0 Å². The van der Waals surface area contributed by atoms with E-state index in [0.29, 0.717) is 21.9 Å². The number of fused-ring (bicyclic) bond motifs is 1. The maximum atomic E-state index is 13.6. The number of hydrogen-bond donors (Lipinski definition) is 1. The van der Waals surface area contributed by atoms with Crippen molar-refractivity contribution in [3.63, 3.8) is 0 Å². The van der Waals surface area contributed by atoms with Gasteiger partial charge < -0.3 is 5.32 Å². The van der Waals surface area contributed by atoms with Gasteiger partial charge in [0.2, 0.25) is 0 Å². The molecule has 0 unspecified atom stereocenters. The quantitative estimate of drug-likeness (QED) is 0.435. The highest BCUT2D eigenvalue weighted by atomic mass is 32.1. The fourth-order valence-corrected chi connectivity index (χ4v) is 4.69. The molecule has 1 N–H and O–H groups in total. The molecule has 5 nitrogen and oxygen atoms in total. The number of halogens is 2. The summed E-state index contributed by atoms with van der Waals surface area (Å²) in [6.45, 7) is 5.18. The van der Waals surface area contributed by atoms with Crippen LogP contribution >= 0.6 is 11.3 Å². The van der Waals surface area contributed by atoms with Crippen LogP contribution in [-0.4, -0.2) is 32.9 Å². The number of anilines is 2. The number of likely N-dealkylation sites (tertiary alicyclic amines) is 1. The molecule has 4 aromatic rings. The van der Waals surface area contributed by atoms with Gasteiger partial charge in [0, 0.05) is 30.4 Å². The molecule has 3 aromatic heterocycles. The van der Waals surface area contributed by atoms with Crippen LogP contribution in [0.15, 0.2) is 42.6 Å². The average molecular weight is 438 g/mol. The highest BCUT2D eigenvalue weighted by Gasteiger charge is 2.15. The lowest BCUT2D eigenvalue weighted by molar-refractivity contribution is 0.326. The van der Waals surface area contributed by atoms with E-state index in [9.17, 15) is 8.78 Å². The van der Waals surface area contributed by atoms with Gasteiger partial charge in [0.15, 0.2) is 0 Å². The Morgan fingerprint density at radius 3 is 2.55 bits per heavy atom. The minimum Gasteiger partial charge on any atom is -0.325 e. The number of hydrogen-bond acceptors (Lipinski definition) is 6. The summed E-state index contributed by atoms with van der Waals surface area (Å²) in [6.07, 6.45) is 4.21. The SMILES string of the molecule is Cc1ccc(Nc2cc3nc(-c4cc(F)cc(F)c4)sc3cn2)nc1CN1CCCC1. The molecule has 0 spiro atoms. The summed E-state index contributed by atoms with van der Waals surface area (Å²) in [5, 5.41) is 3.81. The Kier molecular flexibility index (Phi) is 5.33. The van der Waals surface area contributed by atoms with Crippen LogP contribution in [-0.2, 0) is 6.54 Å². The molecular weight excluding hydrogens is 416 g/mol. The second-order valence-corrected chi connectivity index (χ2v) is 8.81. The third-order valence-corrected chi connectivity index (χ3v) is 6.47. The molecule has 4 heterocycles. The summed E-state index contributed by atoms with van der Waals surface area (Å²) in [6, 6.07) is 9.26. The first-order valence-electron chi connectivity index (χ1n) is 10.2. The van der Waals surface area contributed by atoms with Gasteiger partial charge in [-0.2, -0.15) is 0 Å². The molecule has 1 fully saturated rings. The van der Waals surface area contributed by atoms with E-state index in [1.54, 1.807) is 6.20 Å². The molecule has 0 atom stereocenters. The van der Waals surface area contributed by atoms with Crippen LogP contribution in [0, 0.1) is 18.6 Å². The minimum atomic E-state index is -0.620. The topological polar surface area (TPSA) is 53.9 Å². The fourth-order valence-electron chi connectivity index (χ4n) is 3.79. The third-order valence-electron chi connectivity index (χ3n) is 5.41. The van der Waals surface area contributed by atoms with E-state index in [-0.39, 0.29) is 0 Å². The Morgan fingerprint density at radius 1 is 1.00 bits per heavy atom. The molecule has 0 saturated carbocycles. The lowest BCUT2D eigenvalue weighted by Crippen LogP contribution is -2.20. The average Bonchev–Trinajstić information content (AvgIpc) is 3.39. The van der Waals surface area contributed by atoms with Crippen LogP contribution in [0.3, 0.4) is 0 Å². The minimum absolute atomic E-state index is 0.417.